The molecule has 0 saturated carbocycles. The number of aromatic nitrogens is 1. The van der Waals surface area contributed by atoms with Crippen LogP contribution >= 0.6 is 0 Å². The number of rotatable bonds is 2. The van der Waals surface area contributed by atoms with Crippen LogP contribution in [0.5, 0.6) is 0 Å². The lowest BCUT2D eigenvalue weighted by molar-refractivity contribution is 0.0978. The van der Waals surface area contributed by atoms with Crippen LogP contribution in [0.25, 0.3) is 10.9 Å². The van der Waals surface area contributed by atoms with Crippen LogP contribution in [-0.4, -0.2) is 23.3 Å². The van der Waals surface area contributed by atoms with Crippen molar-refractivity contribution in [1.29, 1.82) is 0 Å². The number of benzene rings is 2. The number of nitrogens with two attached hydrogens (primary N) is 1. The van der Waals surface area contributed by atoms with Crippen LogP contribution in [0.4, 0.5) is 5.69 Å². The van der Waals surface area contributed by atoms with Gasteiger partial charge in [-0.3, -0.25) is 14.6 Å². The Labute approximate surface area is 145 Å². The molecule has 0 saturated heterocycles. The van der Waals surface area contributed by atoms with Gasteiger partial charge in [-0.1, -0.05) is 24.3 Å². The molecule has 1 aliphatic heterocycles. The van der Waals surface area contributed by atoms with Gasteiger partial charge in [0.15, 0.2) is 0 Å². The lowest BCUT2D eigenvalue weighted by atomic mass is 9.95. The second-order valence-electron chi connectivity index (χ2n) is 6.11. The van der Waals surface area contributed by atoms with Gasteiger partial charge in [0.25, 0.3) is 5.91 Å². The first-order valence-corrected chi connectivity index (χ1v) is 8.24. The topological polar surface area (TPSA) is 76.3 Å². The van der Waals surface area contributed by atoms with Crippen molar-refractivity contribution in [2.45, 2.75) is 12.8 Å². The Morgan fingerprint density at radius 3 is 2.60 bits per heavy atom. The Morgan fingerprint density at radius 2 is 1.76 bits per heavy atom. The van der Waals surface area contributed by atoms with E-state index in [0.717, 1.165) is 29.5 Å². The van der Waals surface area contributed by atoms with Gasteiger partial charge in [0.2, 0.25) is 5.91 Å². The van der Waals surface area contributed by atoms with Crippen LogP contribution in [0, 0.1) is 0 Å². The monoisotopic (exact) mass is 331 g/mol. The van der Waals surface area contributed by atoms with Gasteiger partial charge in [-0.15, -0.1) is 0 Å². The Kier molecular flexibility index (Phi) is 3.69. The SMILES string of the molecule is NC(=O)c1cccc2c1CCCN2C(=O)c1cccc2cccnc12. The third-order valence-electron chi connectivity index (χ3n) is 4.62. The largest absolute Gasteiger partial charge is 0.366 e. The maximum absolute atomic E-state index is 13.2. The number of carbonyl (C=O) groups excluding carboxylic acids is 2. The molecule has 2 N–H and O–H groups in total. The number of primary amides is 1. The minimum atomic E-state index is -0.460. The zero-order chi connectivity index (χ0) is 17.4. The minimum absolute atomic E-state index is 0.105. The number of hydrogen-bond acceptors (Lipinski definition) is 3. The van der Waals surface area contributed by atoms with Crippen molar-refractivity contribution in [2.24, 2.45) is 5.73 Å². The van der Waals surface area contributed by atoms with Crippen LogP contribution in [0.15, 0.2) is 54.7 Å². The summed E-state index contributed by atoms with van der Waals surface area (Å²) in [6.45, 7) is 0.608. The molecule has 2 aromatic carbocycles. The van der Waals surface area contributed by atoms with Gasteiger partial charge in [-0.05, 0) is 42.7 Å². The second kappa shape index (κ2) is 6.02. The van der Waals surface area contributed by atoms with Crippen molar-refractivity contribution in [3.8, 4) is 0 Å². The van der Waals surface area contributed by atoms with Crippen LogP contribution in [0.3, 0.4) is 0 Å². The summed E-state index contributed by atoms with van der Waals surface area (Å²) in [5, 5.41) is 0.927. The molecule has 0 unspecified atom stereocenters. The smallest absolute Gasteiger partial charge is 0.260 e. The maximum atomic E-state index is 13.2. The highest BCUT2D eigenvalue weighted by atomic mass is 16.2. The first-order chi connectivity index (χ1) is 12.2. The Morgan fingerprint density at radius 1 is 1.00 bits per heavy atom. The van der Waals surface area contributed by atoms with E-state index in [9.17, 15) is 9.59 Å². The standard InChI is InChI=1S/C20H17N3O2/c21-19(24)15-7-2-10-17-14(15)9-4-12-23(17)20(25)16-8-1-5-13-6-3-11-22-18(13)16/h1-3,5-8,10-11H,4,9,12H2,(H2,21,24). The Bertz CT molecular complexity index is 992. The molecule has 2 heterocycles. The van der Waals surface area contributed by atoms with E-state index in [2.05, 4.69) is 4.98 Å². The molecule has 0 atom stereocenters. The number of fused-ring (bicyclic) bond motifs is 2. The number of pyridine rings is 1. The highest BCUT2D eigenvalue weighted by Gasteiger charge is 2.27. The molecule has 2 amide bonds. The molecular weight excluding hydrogens is 314 g/mol. The number of carbonyl (C=O) groups is 2. The molecule has 0 aliphatic carbocycles. The molecule has 5 nitrogen and oxygen atoms in total. The summed E-state index contributed by atoms with van der Waals surface area (Å²) in [7, 11) is 0. The number of hydrogen-bond donors (Lipinski definition) is 1. The van der Waals surface area contributed by atoms with E-state index in [-0.39, 0.29) is 5.91 Å². The molecule has 124 valence electrons. The van der Waals surface area contributed by atoms with Gasteiger partial charge in [-0.25, -0.2) is 0 Å². The summed E-state index contributed by atoms with van der Waals surface area (Å²) in [5.74, 6) is -0.565. The van der Waals surface area contributed by atoms with Gasteiger partial charge in [-0.2, -0.15) is 0 Å². The van der Waals surface area contributed by atoms with Crippen LogP contribution in [0.2, 0.25) is 0 Å². The van der Waals surface area contributed by atoms with Gasteiger partial charge in [0.05, 0.1) is 11.1 Å². The van der Waals surface area contributed by atoms with Crippen LogP contribution < -0.4 is 10.6 Å². The van der Waals surface area contributed by atoms with Crippen molar-refractivity contribution < 1.29 is 9.59 Å². The molecule has 25 heavy (non-hydrogen) atoms. The highest BCUT2D eigenvalue weighted by Crippen LogP contribution is 2.31. The number of anilines is 1. The minimum Gasteiger partial charge on any atom is -0.366 e. The summed E-state index contributed by atoms with van der Waals surface area (Å²) >= 11 is 0. The van der Waals surface area contributed by atoms with E-state index < -0.39 is 5.91 Å². The normalized spacial score (nSPS) is 13.5. The molecule has 0 spiro atoms. The molecule has 1 aromatic heterocycles. The van der Waals surface area contributed by atoms with E-state index >= 15 is 0 Å². The maximum Gasteiger partial charge on any atom is 0.260 e. The van der Waals surface area contributed by atoms with Crippen molar-refractivity contribution in [3.63, 3.8) is 0 Å². The zero-order valence-electron chi connectivity index (χ0n) is 13.6. The average molecular weight is 331 g/mol. The van der Waals surface area contributed by atoms with Crippen molar-refractivity contribution in [2.75, 3.05) is 11.4 Å². The third kappa shape index (κ3) is 2.54. The fourth-order valence-corrected chi connectivity index (χ4v) is 3.49. The first kappa shape index (κ1) is 15.3. The zero-order valence-corrected chi connectivity index (χ0v) is 13.6. The van der Waals surface area contributed by atoms with Crippen LogP contribution in [0.1, 0.15) is 32.7 Å². The van der Waals surface area contributed by atoms with E-state index in [0.29, 0.717) is 23.2 Å². The fraction of sp³-hybridized carbons (Fsp3) is 0.150. The van der Waals surface area contributed by atoms with Gasteiger partial charge >= 0.3 is 0 Å². The quantitative estimate of drug-likeness (QED) is 0.784. The molecule has 0 bridgehead atoms. The van der Waals surface area contributed by atoms with E-state index in [4.69, 9.17) is 5.73 Å². The van der Waals surface area contributed by atoms with Crippen LogP contribution in [-0.2, 0) is 6.42 Å². The van der Waals surface area contributed by atoms with Gasteiger partial charge < -0.3 is 10.6 Å². The van der Waals surface area contributed by atoms with Crippen molar-refractivity contribution >= 4 is 28.4 Å². The number of nitrogens with zero attached hydrogens (tertiary/aromatic N) is 2. The first-order valence-electron chi connectivity index (χ1n) is 8.24. The van der Waals surface area contributed by atoms with Gasteiger partial charge in [0, 0.05) is 29.4 Å². The van der Waals surface area contributed by atoms with E-state index in [1.807, 2.05) is 30.3 Å². The predicted octanol–water partition coefficient (Wildman–Crippen LogP) is 2.93. The molecule has 0 fully saturated rings. The summed E-state index contributed by atoms with van der Waals surface area (Å²) in [5.41, 5.74) is 8.85. The molecule has 3 aromatic rings. The summed E-state index contributed by atoms with van der Waals surface area (Å²) in [6.07, 6.45) is 3.22. The highest BCUT2D eigenvalue weighted by molar-refractivity contribution is 6.14. The second-order valence-corrected chi connectivity index (χ2v) is 6.11. The summed E-state index contributed by atoms with van der Waals surface area (Å²) in [4.78, 5) is 31.0. The molecular formula is C20H17N3O2. The van der Waals surface area contributed by atoms with Gasteiger partial charge in [0.1, 0.15) is 0 Å². The third-order valence-corrected chi connectivity index (χ3v) is 4.62. The fourth-order valence-electron chi connectivity index (χ4n) is 3.49. The molecule has 4 rings (SSSR count). The molecule has 0 radical (unpaired) electrons. The van der Waals surface area contributed by atoms with Crippen molar-refractivity contribution in [3.05, 3.63) is 71.4 Å². The number of amides is 2. The Hall–Kier alpha value is -3.21. The Balaban J connectivity index is 1.83. The number of para-hydroxylation sites is 1. The average Bonchev–Trinajstić information content (AvgIpc) is 2.66. The predicted molar refractivity (Wildman–Crippen MR) is 96.7 cm³/mol. The van der Waals surface area contributed by atoms with E-state index in [1.54, 1.807) is 29.3 Å². The lowest BCUT2D eigenvalue weighted by Gasteiger charge is -2.30. The summed E-state index contributed by atoms with van der Waals surface area (Å²) in [6, 6.07) is 14.7. The molecule has 5 heteroatoms. The van der Waals surface area contributed by atoms with Crippen molar-refractivity contribution in [1.82, 2.24) is 4.98 Å². The lowest BCUT2D eigenvalue weighted by Crippen LogP contribution is -2.36. The molecule has 1 aliphatic rings. The van der Waals surface area contributed by atoms with E-state index in [1.165, 1.54) is 0 Å². The summed E-state index contributed by atoms with van der Waals surface area (Å²) < 4.78 is 0.